The van der Waals surface area contributed by atoms with Gasteiger partial charge in [0.1, 0.15) is 0 Å². The highest BCUT2D eigenvalue weighted by Gasteiger charge is 2.10. The molecule has 0 spiro atoms. The number of hydrogen-bond donors (Lipinski definition) is 2. The Kier molecular flexibility index (Phi) is 2.49. The highest BCUT2D eigenvalue weighted by atomic mass is 32.3. The molecule has 1 rings (SSSR count). The van der Waals surface area contributed by atoms with Gasteiger partial charge in [0.15, 0.2) is 0 Å². The number of pyridine rings is 1. The van der Waals surface area contributed by atoms with Crippen molar-refractivity contribution in [3.8, 4) is 0 Å². The normalized spacial score (nSPS) is 13.0. The van der Waals surface area contributed by atoms with Gasteiger partial charge < -0.3 is 0 Å². The summed E-state index contributed by atoms with van der Waals surface area (Å²) in [6.45, 7) is 1.75. The highest BCUT2D eigenvalue weighted by molar-refractivity contribution is 8.24. The molecule has 0 fully saturated rings. The Hall–Kier alpha value is -0.580. The van der Waals surface area contributed by atoms with Crippen LogP contribution in [0.15, 0.2) is 29.4 Å². The molecule has 4 heteroatoms. The first-order valence-electron chi connectivity index (χ1n) is 3.33. The molecule has 1 aromatic rings. The van der Waals surface area contributed by atoms with Crippen LogP contribution in [-0.2, 0) is 0 Å². The molecular weight excluding hydrogens is 162 g/mol. The fourth-order valence-corrected chi connectivity index (χ4v) is 1.61. The molecule has 11 heavy (non-hydrogen) atoms. The first kappa shape index (κ1) is 8.52. The van der Waals surface area contributed by atoms with E-state index >= 15 is 0 Å². The Balaban J connectivity index is 2.93. The topological polar surface area (TPSA) is 53.4 Å². The van der Waals surface area contributed by atoms with E-state index in [1.54, 1.807) is 31.5 Å². The molecule has 0 amide bonds. The minimum atomic E-state index is -2.54. The minimum Gasteiger partial charge on any atom is -0.295 e. The van der Waals surface area contributed by atoms with E-state index in [9.17, 15) is 9.11 Å². The van der Waals surface area contributed by atoms with E-state index in [0.29, 0.717) is 10.6 Å². The van der Waals surface area contributed by atoms with Crippen LogP contribution in [0.4, 0.5) is 0 Å². The summed E-state index contributed by atoms with van der Waals surface area (Å²) in [5, 5.41) is 0. The second-order valence-corrected chi connectivity index (χ2v) is 4.52. The maximum absolute atomic E-state index is 9.41. The summed E-state index contributed by atoms with van der Waals surface area (Å²) in [6.07, 6.45) is 3.11. The second-order valence-electron chi connectivity index (χ2n) is 2.14. The van der Waals surface area contributed by atoms with Gasteiger partial charge in [0.25, 0.3) is 0 Å². The minimum absolute atomic E-state index is 0.358. The maximum Gasteiger partial charge on any atom is 0.0614 e. The zero-order valence-corrected chi connectivity index (χ0v) is 7.08. The van der Waals surface area contributed by atoms with Gasteiger partial charge in [-0.25, -0.2) is 0 Å². The lowest BCUT2D eigenvalue weighted by atomic mass is 10.5. The summed E-state index contributed by atoms with van der Waals surface area (Å²) in [7, 11) is -2.54. The van der Waals surface area contributed by atoms with Crippen molar-refractivity contribution in [2.24, 2.45) is 0 Å². The molecule has 0 aliphatic carbocycles. The van der Waals surface area contributed by atoms with Crippen molar-refractivity contribution < 1.29 is 9.11 Å². The van der Waals surface area contributed by atoms with Gasteiger partial charge in [-0.15, -0.1) is 0 Å². The largest absolute Gasteiger partial charge is 0.295 e. The molecule has 0 radical (unpaired) electrons. The van der Waals surface area contributed by atoms with Crippen molar-refractivity contribution in [1.82, 2.24) is 4.98 Å². The third kappa shape index (κ3) is 1.92. The Labute approximate surface area is 67.4 Å². The van der Waals surface area contributed by atoms with Crippen LogP contribution >= 0.6 is 10.6 Å². The molecular formula is C7H11NO2S. The fourth-order valence-electron chi connectivity index (χ4n) is 0.723. The first-order valence-corrected chi connectivity index (χ1v) is 5.04. The predicted octanol–water partition coefficient (Wildman–Crippen LogP) is 2.21. The number of nitrogens with zero attached hydrogens (tertiary/aromatic N) is 1. The van der Waals surface area contributed by atoms with E-state index in [1.807, 2.05) is 0 Å². The monoisotopic (exact) mass is 173 g/mol. The van der Waals surface area contributed by atoms with Gasteiger partial charge in [-0.2, -0.15) is 10.6 Å². The van der Waals surface area contributed by atoms with Crippen LogP contribution in [0.2, 0.25) is 0 Å². The summed E-state index contributed by atoms with van der Waals surface area (Å²) in [6, 6.07) is 3.25. The van der Waals surface area contributed by atoms with E-state index in [1.165, 1.54) is 0 Å². The zero-order chi connectivity index (χ0) is 8.32. The van der Waals surface area contributed by atoms with Crippen LogP contribution in [0.25, 0.3) is 0 Å². The van der Waals surface area contributed by atoms with Crippen molar-refractivity contribution >= 4 is 10.6 Å². The average Bonchev–Trinajstić information content (AvgIpc) is 2.06. The van der Waals surface area contributed by atoms with Crippen molar-refractivity contribution in [3.63, 3.8) is 0 Å². The van der Waals surface area contributed by atoms with Crippen molar-refractivity contribution in [2.45, 2.75) is 11.8 Å². The SMILES string of the molecule is CCS(O)(O)c1ccncc1. The van der Waals surface area contributed by atoms with Gasteiger partial charge in [-0.05, 0) is 19.1 Å². The summed E-state index contributed by atoms with van der Waals surface area (Å²) in [4.78, 5) is 4.35. The lowest BCUT2D eigenvalue weighted by Crippen LogP contribution is -2.00. The van der Waals surface area contributed by atoms with Gasteiger partial charge >= 0.3 is 0 Å². The third-order valence-electron chi connectivity index (χ3n) is 1.43. The van der Waals surface area contributed by atoms with Crippen LogP contribution in [-0.4, -0.2) is 19.8 Å². The van der Waals surface area contributed by atoms with E-state index in [4.69, 9.17) is 0 Å². The molecule has 0 saturated heterocycles. The summed E-state index contributed by atoms with van der Waals surface area (Å²) in [5.41, 5.74) is 0. The molecule has 0 unspecified atom stereocenters. The van der Waals surface area contributed by atoms with Gasteiger partial charge in [0, 0.05) is 18.1 Å². The van der Waals surface area contributed by atoms with Gasteiger partial charge in [-0.3, -0.25) is 14.1 Å². The fraction of sp³-hybridized carbons (Fsp3) is 0.286. The van der Waals surface area contributed by atoms with Crippen molar-refractivity contribution in [2.75, 3.05) is 5.75 Å². The van der Waals surface area contributed by atoms with Gasteiger partial charge in [0.05, 0.1) is 4.90 Å². The summed E-state index contributed by atoms with van der Waals surface area (Å²) in [5.74, 6) is 0.358. The van der Waals surface area contributed by atoms with Crippen LogP contribution in [0, 0.1) is 0 Å². The number of hydrogen-bond acceptors (Lipinski definition) is 3. The molecule has 0 bridgehead atoms. The second kappa shape index (κ2) is 3.21. The lowest BCUT2D eigenvalue weighted by Gasteiger charge is -2.30. The van der Waals surface area contributed by atoms with Crippen LogP contribution in [0.1, 0.15) is 6.92 Å². The Morgan fingerprint density at radius 2 is 1.91 bits per heavy atom. The van der Waals surface area contributed by atoms with E-state index in [-0.39, 0.29) is 0 Å². The van der Waals surface area contributed by atoms with Crippen molar-refractivity contribution in [1.29, 1.82) is 0 Å². The molecule has 0 aromatic carbocycles. The smallest absolute Gasteiger partial charge is 0.0614 e. The molecule has 2 N–H and O–H groups in total. The van der Waals surface area contributed by atoms with Crippen LogP contribution < -0.4 is 0 Å². The average molecular weight is 173 g/mol. The zero-order valence-electron chi connectivity index (χ0n) is 6.27. The molecule has 3 nitrogen and oxygen atoms in total. The molecule has 1 aromatic heterocycles. The molecule has 0 aliphatic rings. The molecule has 0 saturated carbocycles. The Bertz CT molecular complexity index is 225. The van der Waals surface area contributed by atoms with Gasteiger partial charge in [-0.1, -0.05) is 0 Å². The molecule has 1 heterocycles. The van der Waals surface area contributed by atoms with Gasteiger partial charge in [0.2, 0.25) is 0 Å². The van der Waals surface area contributed by atoms with E-state index < -0.39 is 10.6 Å². The lowest BCUT2D eigenvalue weighted by molar-refractivity contribution is 0.488. The van der Waals surface area contributed by atoms with Crippen LogP contribution in [0.5, 0.6) is 0 Å². The quantitative estimate of drug-likeness (QED) is 0.721. The molecule has 0 atom stereocenters. The predicted molar refractivity (Wildman–Crippen MR) is 45.9 cm³/mol. The number of aromatic nitrogens is 1. The third-order valence-corrected chi connectivity index (χ3v) is 3.26. The summed E-state index contributed by atoms with van der Waals surface area (Å²) >= 11 is 0. The highest BCUT2D eigenvalue weighted by Crippen LogP contribution is 2.46. The maximum atomic E-state index is 9.41. The molecule has 0 aliphatic heterocycles. The Morgan fingerprint density at radius 1 is 1.36 bits per heavy atom. The van der Waals surface area contributed by atoms with E-state index in [0.717, 1.165) is 0 Å². The van der Waals surface area contributed by atoms with E-state index in [2.05, 4.69) is 4.98 Å². The standard InChI is InChI=1S/C7H11NO2S/c1-2-11(9,10)7-3-5-8-6-4-7/h3-6,9-10H,2H2,1H3. The summed E-state index contributed by atoms with van der Waals surface area (Å²) < 4.78 is 18.8. The van der Waals surface area contributed by atoms with Crippen molar-refractivity contribution in [3.05, 3.63) is 24.5 Å². The number of rotatable bonds is 2. The molecule has 62 valence electrons. The Morgan fingerprint density at radius 3 is 2.36 bits per heavy atom. The first-order chi connectivity index (χ1) is 5.17. The van der Waals surface area contributed by atoms with Crippen LogP contribution in [0.3, 0.4) is 0 Å².